The predicted octanol–water partition coefficient (Wildman–Crippen LogP) is 1.45. The van der Waals surface area contributed by atoms with Gasteiger partial charge in [0.15, 0.2) is 0 Å². The van der Waals surface area contributed by atoms with Crippen molar-refractivity contribution >= 4 is 5.97 Å². The quantitative estimate of drug-likeness (QED) is 0.490. The molecule has 0 aromatic rings. The number of carbonyl (C=O) groups is 1. The van der Waals surface area contributed by atoms with Crippen molar-refractivity contribution in [1.82, 2.24) is 4.90 Å². The number of nitrogens with zero attached hydrogens (tertiary/aromatic N) is 1. The van der Waals surface area contributed by atoms with Gasteiger partial charge in [-0.3, -0.25) is 0 Å². The normalized spacial score (nSPS) is 14.5. The van der Waals surface area contributed by atoms with Crippen LogP contribution in [0.5, 0.6) is 0 Å². The smallest absolute Gasteiger partial charge is 0.333 e. The maximum Gasteiger partial charge on any atom is 0.333 e. The van der Waals surface area contributed by atoms with Gasteiger partial charge in [0.1, 0.15) is 0 Å². The molecule has 0 aromatic carbocycles. The molecule has 0 spiro atoms. The van der Waals surface area contributed by atoms with E-state index in [1.54, 1.807) is 13.8 Å². The maximum absolute atomic E-state index is 11.2. The van der Waals surface area contributed by atoms with E-state index in [9.17, 15) is 4.79 Å². The summed E-state index contributed by atoms with van der Waals surface area (Å²) in [5.74, 6) is -0.226. The zero-order chi connectivity index (χ0) is 10.4. The Bertz CT molecular complexity index is 197. The van der Waals surface area contributed by atoms with Crippen LogP contribution in [0.25, 0.3) is 0 Å². The number of likely N-dealkylation sites (N-methyl/N-ethyl adjacent to an activating group) is 1. The molecule has 0 fully saturated rings. The summed E-state index contributed by atoms with van der Waals surface area (Å²) < 4.78 is 4.86. The predicted molar refractivity (Wildman–Crippen MR) is 53.5 cm³/mol. The molecule has 0 bridgehead atoms. The third kappa shape index (κ3) is 4.68. The molecule has 0 saturated heterocycles. The molecule has 1 atom stereocenters. The Kier molecular flexibility index (Phi) is 5.39. The van der Waals surface area contributed by atoms with E-state index in [0.29, 0.717) is 12.2 Å². The third-order valence-corrected chi connectivity index (χ3v) is 1.90. The van der Waals surface area contributed by atoms with Crippen molar-refractivity contribution in [2.75, 3.05) is 20.7 Å². The Morgan fingerprint density at radius 1 is 1.54 bits per heavy atom. The SMILES string of the molecule is CCOC(=O)/C(C)=C/C(C)N(C)C. The van der Waals surface area contributed by atoms with Crippen LogP contribution in [0.1, 0.15) is 20.8 Å². The van der Waals surface area contributed by atoms with Crippen LogP contribution in [0.2, 0.25) is 0 Å². The monoisotopic (exact) mass is 185 g/mol. The molecule has 76 valence electrons. The summed E-state index contributed by atoms with van der Waals surface area (Å²) in [6, 6.07) is 0.254. The zero-order valence-electron chi connectivity index (χ0n) is 9.13. The van der Waals surface area contributed by atoms with E-state index < -0.39 is 0 Å². The third-order valence-electron chi connectivity index (χ3n) is 1.90. The molecule has 0 aliphatic carbocycles. The highest BCUT2D eigenvalue weighted by atomic mass is 16.5. The molecule has 0 N–H and O–H groups in total. The lowest BCUT2D eigenvalue weighted by Gasteiger charge is -2.16. The summed E-state index contributed by atoms with van der Waals surface area (Å²) >= 11 is 0. The molecular weight excluding hydrogens is 166 g/mol. The van der Waals surface area contributed by atoms with Crippen molar-refractivity contribution in [2.24, 2.45) is 0 Å². The second-order valence-electron chi connectivity index (χ2n) is 3.27. The molecule has 1 unspecified atom stereocenters. The molecule has 0 amide bonds. The lowest BCUT2D eigenvalue weighted by atomic mass is 10.2. The van der Waals surface area contributed by atoms with E-state index in [0.717, 1.165) is 0 Å². The average molecular weight is 185 g/mol. The first-order chi connectivity index (χ1) is 5.99. The van der Waals surface area contributed by atoms with Gasteiger partial charge in [-0.15, -0.1) is 0 Å². The van der Waals surface area contributed by atoms with E-state index in [-0.39, 0.29) is 12.0 Å². The minimum absolute atomic E-state index is 0.226. The molecule has 0 rings (SSSR count). The van der Waals surface area contributed by atoms with Gasteiger partial charge in [0, 0.05) is 11.6 Å². The molecule has 3 heteroatoms. The van der Waals surface area contributed by atoms with Gasteiger partial charge >= 0.3 is 5.97 Å². The van der Waals surface area contributed by atoms with Gasteiger partial charge in [-0.1, -0.05) is 6.08 Å². The summed E-state index contributed by atoms with van der Waals surface area (Å²) in [7, 11) is 3.94. The average Bonchev–Trinajstić information content (AvgIpc) is 2.04. The highest BCUT2D eigenvalue weighted by Crippen LogP contribution is 2.02. The lowest BCUT2D eigenvalue weighted by molar-refractivity contribution is -0.138. The maximum atomic E-state index is 11.2. The van der Waals surface area contributed by atoms with Crippen LogP contribution >= 0.6 is 0 Å². The summed E-state index contributed by atoms with van der Waals surface area (Å²) in [4.78, 5) is 13.2. The largest absolute Gasteiger partial charge is 0.463 e. The minimum Gasteiger partial charge on any atom is -0.463 e. The second kappa shape index (κ2) is 5.75. The van der Waals surface area contributed by atoms with Crippen molar-refractivity contribution < 1.29 is 9.53 Å². The minimum atomic E-state index is -0.226. The molecular formula is C10H19NO2. The number of esters is 1. The number of hydrogen-bond donors (Lipinski definition) is 0. The van der Waals surface area contributed by atoms with Gasteiger partial charge in [-0.2, -0.15) is 0 Å². The van der Waals surface area contributed by atoms with Crippen molar-refractivity contribution in [1.29, 1.82) is 0 Å². The number of rotatable bonds is 4. The second-order valence-corrected chi connectivity index (χ2v) is 3.27. The van der Waals surface area contributed by atoms with Crippen LogP contribution in [-0.2, 0) is 9.53 Å². The highest BCUT2D eigenvalue weighted by Gasteiger charge is 2.07. The van der Waals surface area contributed by atoms with E-state index in [4.69, 9.17) is 4.74 Å². The fourth-order valence-corrected chi connectivity index (χ4v) is 0.824. The van der Waals surface area contributed by atoms with Crippen LogP contribution in [0, 0.1) is 0 Å². The van der Waals surface area contributed by atoms with E-state index in [2.05, 4.69) is 0 Å². The van der Waals surface area contributed by atoms with Gasteiger partial charge in [-0.25, -0.2) is 4.79 Å². The summed E-state index contributed by atoms with van der Waals surface area (Å²) in [5.41, 5.74) is 0.669. The molecule has 0 radical (unpaired) electrons. The molecule has 3 nitrogen and oxygen atoms in total. The lowest BCUT2D eigenvalue weighted by Crippen LogP contribution is -2.23. The van der Waals surface area contributed by atoms with Gasteiger partial charge in [0.2, 0.25) is 0 Å². The summed E-state index contributed by atoms with van der Waals surface area (Å²) in [6.07, 6.45) is 1.90. The van der Waals surface area contributed by atoms with E-state index in [1.807, 2.05) is 32.0 Å². The molecule has 0 heterocycles. The molecule has 0 aliphatic heterocycles. The standard InChI is InChI=1S/C10H19NO2/c1-6-13-10(12)8(2)7-9(3)11(4)5/h7,9H,6H2,1-5H3/b8-7+. The fraction of sp³-hybridized carbons (Fsp3) is 0.700. The van der Waals surface area contributed by atoms with Crippen LogP contribution in [-0.4, -0.2) is 37.6 Å². The van der Waals surface area contributed by atoms with Gasteiger partial charge < -0.3 is 9.64 Å². The molecule has 0 aromatic heterocycles. The molecule has 0 aliphatic rings. The Labute approximate surface area is 80.4 Å². The molecule has 13 heavy (non-hydrogen) atoms. The van der Waals surface area contributed by atoms with Crippen LogP contribution in [0.4, 0.5) is 0 Å². The first-order valence-electron chi connectivity index (χ1n) is 4.51. The first kappa shape index (κ1) is 12.2. The Morgan fingerprint density at radius 3 is 2.46 bits per heavy atom. The van der Waals surface area contributed by atoms with Crippen LogP contribution < -0.4 is 0 Å². The van der Waals surface area contributed by atoms with Crippen LogP contribution in [0.3, 0.4) is 0 Å². The topological polar surface area (TPSA) is 29.5 Å². The molecule has 0 saturated carbocycles. The van der Waals surface area contributed by atoms with Crippen LogP contribution in [0.15, 0.2) is 11.6 Å². The highest BCUT2D eigenvalue weighted by molar-refractivity contribution is 5.87. The Morgan fingerprint density at radius 2 is 2.08 bits per heavy atom. The zero-order valence-corrected chi connectivity index (χ0v) is 9.13. The summed E-state index contributed by atoms with van der Waals surface area (Å²) in [6.45, 7) is 6.04. The first-order valence-corrected chi connectivity index (χ1v) is 4.51. The van der Waals surface area contributed by atoms with Gasteiger partial charge in [-0.05, 0) is 34.9 Å². The van der Waals surface area contributed by atoms with Crippen molar-refractivity contribution in [2.45, 2.75) is 26.8 Å². The van der Waals surface area contributed by atoms with Crippen molar-refractivity contribution in [3.63, 3.8) is 0 Å². The Hall–Kier alpha value is -0.830. The van der Waals surface area contributed by atoms with Crippen molar-refractivity contribution in [3.8, 4) is 0 Å². The van der Waals surface area contributed by atoms with E-state index in [1.165, 1.54) is 0 Å². The number of hydrogen-bond acceptors (Lipinski definition) is 3. The van der Waals surface area contributed by atoms with Gasteiger partial charge in [0.05, 0.1) is 6.61 Å². The number of ether oxygens (including phenoxy) is 1. The Balaban J connectivity index is 4.22. The van der Waals surface area contributed by atoms with E-state index >= 15 is 0 Å². The fourth-order valence-electron chi connectivity index (χ4n) is 0.824. The van der Waals surface area contributed by atoms with Crippen molar-refractivity contribution in [3.05, 3.63) is 11.6 Å². The van der Waals surface area contributed by atoms with Gasteiger partial charge in [0.25, 0.3) is 0 Å². The number of carbonyl (C=O) groups excluding carboxylic acids is 1. The summed E-state index contributed by atoms with van der Waals surface area (Å²) in [5, 5.41) is 0.